The number of hydrogen-bond acceptors (Lipinski definition) is 3. The Bertz CT molecular complexity index is 494. The molecule has 0 atom stereocenters. The number of anilines is 1. The van der Waals surface area contributed by atoms with Crippen molar-refractivity contribution in [1.29, 1.82) is 0 Å². The summed E-state index contributed by atoms with van der Waals surface area (Å²) < 4.78 is 40.7. The topological polar surface area (TPSA) is 61.4 Å². The summed E-state index contributed by atoms with van der Waals surface area (Å²) in [7, 11) is -2.24. The van der Waals surface area contributed by atoms with Crippen molar-refractivity contribution in [3.8, 4) is 0 Å². The van der Waals surface area contributed by atoms with Crippen LogP contribution in [0.4, 0.5) is 10.1 Å². The zero-order chi connectivity index (χ0) is 14.3. The van der Waals surface area contributed by atoms with Crippen LogP contribution in [-0.2, 0) is 10.2 Å². The van der Waals surface area contributed by atoms with Crippen molar-refractivity contribution >= 4 is 15.9 Å². The second-order valence-corrected chi connectivity index (χ2v) is 5.89. The van der Waals surface area contributed by atoms with E-state index in [0.29, 0.717) is 13.0 Å². The van der Waals surface area contributed by atoms with E-state index in [9.17, 15) is 12.8 Å². The SMILES string of the molecule is CCNCCCN(C)S(=O)(=O)Nc1ccccc1F. The number of para-hydroxylation sites is 1. The van der Waals surface area contributed by atoms with Gasteiger partial charge in [0.05, 0.1) is 5.69 Å². The lowest BCUT2D eigenvalue weighted by Crippen LogP contribution is -2.34. The van der Waals surface area contributed by atoms with Crippen molar-refractivity contribution in [2.24, 2.45) is 0 Å². The van der Waals surface area contributed by atoms with Gasteiger partial charge >= 0.3 is 10.2 Å². The Morgan fingerprint density at radius 3 is 2.63 bits per heavy atom. The lowest BCUT2D eigenvalue weighted by atomic mass is 10.3. The smallest absolute Gasteiger partial charge is 0.301 e. The molecule has 0 aliphatic heterocycles. The molecule has 7 heteroatoms. The first-order valence-electron chi connectivity index (χ1n) is 6.16. The Balaban J connectivity index is 2.58. The maximum Gasteiger partial charge on any atom is 0.301 e. The monoisotopic (exact) mass is 289 g/mol. The van der Waals surface area contributed by atoms with Crippen LogP contribution in [0.15, 0.2) is 24.3 Å². The van der Waals surface area contributed by atoms with Gasteiger partial charge in [-0.2, -0.15) is 12.7 Å². The molecule has 108 valence electrons. The predicted octanol–water partition coefficient (Wildman–Crippen LogP) is 1.41. The minimum Gasteiger partial charge on any atom is -0.317 e. The molecule has 0 amide bonds. The van der Waals surface area contributed by atoms with Gasteiger partial charge < -0.3 is 5.32 Å². The summed E-state index contributed by atoms with van der Waals surface area (Å²) in [4.78, 5) is 0. The van der Waals surface area contributed by atoms with Crippen molar-refractivity contribution in [3.05, 3.63) is 30.1 Å². The van der Waals surface area contributed by atoms with Gasteiger partial charge in [0.2, 0.25) is 0 Å². The van der Waals surface area contributed by atoms with Gasteiger partial charge in [-0.3, -0.25) is 4.72 Å². The van der Waals surface area contributed by atoms with Crippen molar-refractivity contribution in [3.63, 3.8) is 0 Å². The molecule has 0 radical (unpaired) electrons. The van der Waals surface area contributed by atoms with Crippen LogP contribution >= 0.6 is 0 Å². The molecule has 5 nitrogen and oxygen atoms in total. The van der Waals surface area contributed by atoms with Gasteiger partial charge in [0, 0.05) is 13.6 Å². The highest BCUT2D eigenvalue weighted by Gasteiger charge is 2.18. The summed E-state index contributed by atoms with van der Waals surface area (Å²) in [6, 6.07) is 5.68. The average Bonchev–Trinajstić information content (AvgIpc) is 2.37. The Morgan fingerprint density at radius 1 is 1.32 bits per heavy atom. The zero-order valence-corrected chi connectivity index (χ0v) is 12.0. The summed E-state index contributed by atoms with van der Waals surface area (Å²) in [6.45, 7) is 3.96. The normalized spacial score (nSPS) is 11.8. The van der Waals surface area contributed by atoms with E-state index in [2.05, 4.69) is 10.0 Å². The largest absolute Gasteiger partial charge is 0.317 e. The van der Waals surface area contributed by atoms with E-state index in [1.807, 2.05) is 6.92 Å². The molecule has 1 rings (SSSR count). The number of rotatable bonds is 8. The molecule has 0 saturated carbocycles. The molecule has 0 aromatic heterocycles. The standard InChI is InChI=1S/C12H20FN3O2S/c1-3-14-9-6-10-16(2)19(17,18)15-12-8-5-4-7-11(12)13/h4-5,7-8,14-15H,3,6,9-10H2,1-2H3. The van der Waals surface area contributed by atoms with Crippen LogP contribution in [0, 0.1) is 5.82 Å². The number of benzene rings is 1. The maximum absolute atomic E-state index is 13.4. The number of nitrogens with one attached hydrogen (secondary N) is 2. The zero-order valence-electron chi connectivity index (χ0n) is 11.2. The summed E-state index contributed by atoms with van der Waals surface area (Å²) in [5.74, 6) is -0.591. The first kappa shape index (κ1) is 15.9. The molecular formula is C12H20FN3O2S. The van der Waals surface area contributed by atoms with Crippen LogP contribution in [0.1, 0.15) is 13.3 Å². The van der Waals surface area contributed by atoms with Crippen molar-refractivity contribution in [2.75, 3.05) is 31.4 Å². The second kappa shape index (κ2) is 7.42. The molecule has 0 saturated heterocycles. The minimum atomic E-state index is -3.71. The Kier molecular flexibility index (Phi) is 6.20. The highest BCUT2D eigenvalue weighted by Crippen LogP contribution is 2.15. The molecule has 0 aliphatic carbocycles. The number of hydrogen-bond donors (Lipinski definition) is 2. The first-order valence-corrected chi connectivity index (χ1v) is 7.60. The fourth-order valence-electron chi connectivity index (χ4n) is 1.48. The van der Waals surface area contributed by atoms with E-state index < -0.39 is 16.0 Å². The fraction of sp³-hybridized carbons (Fsp3) is 0.500. The summed E-state index contributed by atoms with van der Waals surface area (Å²) in [5.41, 5.74) is -0.0407. The Labute approximate surface area is 114 Å². The molecule has 0 spiro atoms. The maximum atomic E-state index is 13.4. The number of nitrogens with zero attached hydrogens (tertiary/aromatic N) is 1. The van der Waals surface area contributed by atoms with Gasteiger partial charge in [-0.05, 0) is 31.6 Å². The fourth-order valence-corrected chi connectivity index (χ4v) is 2.45. The van der Waals surface area contributed by atoms with Gasteiger partial charge in [-0.1, -0.05) is 19.1 Å². The Hall–Kier alpha value is -1.18. The van der Waals surface area contributed by atoms with Crippen LogP contribution in [0.2, 0.25) is 0 Å². The van der Waals surface area contributed by atoms with Crippen LogP contribution < -0.4 is 10.0 Å². The molecule has 0 heterocycles. The summed E-state index contributed by atoms with van der Waals surface area (Å²) in [6.07, 6.45) is 0.697. The van der Waals surface area contributed by atoms with Gasteiger partial charge in [0.25, 0.3) is 0 Å². The third kappa shape index (κ3) is 5.14. The highest BCUT2D eigenvalue weighted by atomic mass is 32.2. The van der Waals surface area contributed by atoms with Crippen LogP contribution in [-0.4, -0.2) is 39.4 Å². The van der Waals surface area contributed by atoms with Crippen LogP contribution in [0.25, 0.3) is 0 Å². The van der Waals surface area contributed by atoms with Crippen LogP contribution in [0.5, 0.6) is 0 Å². The highest BCUT2D eigenvalue weighted by molar-refractivity contribution is 7.90. The first-order chi connectivity index (χ1) is 8.97. The van der Waals surface area contributed by atoms with E-state index in [1.54, 1.807) is 6.07 Å². The lowest BCUT2D eigenvalue weighted by molar-refractivity contribution is 0.459. The molecule has 0 aliphatic rings. The predicted molar refractivity (Wildman–Crippen MR) is 74.7 cm³/mol. The number of halogens is 1. The van der Waals surface area contributed by atoms with E-state index in [4.69, 9.17) is 0 Å². The van der Waals surface area contributed by atoms with E-state index in [0.717, 1.165) is 13.1 Å². The molecule has 0 fully saturated rings. The molecule has 19 heavy (non-hydrogen) atoms. The van der Waals surface area contributed by atoms with Gasteiger partial charge in [0.15, 0.2) is 0 Å². The molecule has 1 aromatic carbocycles. The van der Waals surface area contributed by atoms with Gasteiger partial charge in [-0.25, -0.2) is 4.39 Å². The molecular weight excluding hydrogens is 269 g/mol. The molecule has 2 N–H and O–H groups in total. The lowest BCUT2D eigenvalue weighted by Gasteiger charge is -2.18. The third-order valence-electron chi connectivity index (χ3n) is 2.60. The Morgan fingerprint density at radius 2 is 2.00 bits per heavy atom. The van der Waals surface area contributed by atoms with Gasteiger partial charge in [-0.15, -0.1) is 0 Å². The molecule has 1 aromatic rings. The quantitative estimate of drug-likeness (QED) is 0.711. The van der Waals surface area contributed by atoms with Gasteiger partial charge in [0.1, 0.15) is 5.82 Å². The van der Waals surface area contributed by atoms with Crippen molar-refractivity contribution in [2.45, 2.75) is 13.3 Å². The molecule has 0 bridgehead atoms. The molecule has 0 unspecified atom stereocenters. The van der Waals surface area contributed by atoms with Crippen molar-refractivity contribution < 1.29 is 12.8 Å². The summed E-state index contributed by atoms with van der Waals surface area (Å²) in [5, 5.41) is 3.11. The van der Waals surface area contributed by atoms with E-state index in [-0.39, 0.29) is 5.69 Å². The van der Waals surface area contributed by atoms with E-state index in [1.165, 1.54) is 29.6 Å². The van der Waals surface area contributed by atoms with Crippen LogP contribution in [0.3, 0.4) is 0 Å². The minimum absolute atomic E-state index is 0.0407. The van der Waals surface area contributed by atoms with Crippen molar-refractivity contribution in [1.82, 2.24) is 9.62 Å². The average molecular weight is 289 g/mol. The summed E-state index contributed by atoms with van der Waals surface area (Å²) >= 11 is 0. The van der Waals surface area contributed by atoms with E-state index >= 15 is 0 Å². The third-order valence-corrected chi connectivity index (χ3v) is 4.08. The second-order valence-electron chi connectivity index (χ2n) is 4.12.